The van der Waals surface area contributed by atoms with E-state index in [1.807, 2.05) is 6.92 Å². The maximum Gasteiger partial charge on any atom is 0.249 e. The van der Waals surface area contributed by atoms with Crippen molar-refractivity contribution in [2.24, 2.45) is 5.92 Å². The van der Waals surface area contributed by atoms with Gasteiger partial charge in [-0.1, -0.05) is 0 Å². The summed E-state index contributed by atoms with van der Waals surface area (Å²) >= 11 is 6.10. The molecule has 1 saturated heterocycles. The van der Waals surface area contributed by atoms with Crippen LogP contribution in [0.2, 0.25) is 0 Å². The maximum atomic E-state index is 11.6. The molecule has 15 heavy (non-hydrogen) atoms. The Hall–Kier alpha value is -0.280. The Kier molecular flexibility index (Phi) is 3.52. The molecule has 4 heteroatoms. The summed E-state index contributed by atoms with van der Waals surface area (Å²) in [5, 5.41) is 2.97. The Bertz CT molecular complexity index is 243. The van der Waals surface area contributed by atoms with Gasteiger partial charge in [-0.3, -0.25) is 4.79 Å². The largest absolute Gasteiger partial charge is 0.365 e. The number of alkyl halides is 1. The molecule has 1 amide bonds. The van der Waals surface area contributed by atoms with Crippen molar-refractivity contribution in [3.8, 4) is 0 Å². The van der Waals surface area contributed by atoms with Crippen molar-refractivity contribution in [2.45, 2.75) is 50.2 Å². The smallest absolute Gasteiger partial charge is 0.249 e. The van der Waals surface area contributed by atoms with Crippen molar-refractivity contribution in [2.75, 3.05) is 6.54 Å². The molecule has 1 saturated carbocycles. The highest BCUT2D eigenvalue weighted by atomic mass is 35.5. The number of ether oxygens (including phenoxy) is 1. The molecule has 3 atom stereocenters. The molecule has 1 heterocycles. The van der Waals surface area contributed by atoms with Crippen molar-refractivity contribution in [1.82, 2.24) is 5.32 Å². The standard InChI is InChI=1S/C11H18ClNO2/c1-7-2-5-10(15-7)11(14)13-6-9(12)8-3-4-8/h7-10H,2-6H2,1H3,(H,13,14). The molecule has 3 unspecified atom stereocenters. The molecule has 1 aliphatic heterocycles. The van der Waals surface area contributed by atoms with Crippen LogP contribution in [0.25, 0.3) is 0 Å². The van der Waals surface area contributed by atoms with Gasteiger partial charge in [-0.25, -0.2) is 0 Å². The maximum absolute atomic E-state index is 11.6. The summed E-state index contributed by atoms with van der Waals surface area (Å²) in [5.41, 5.74) is 0. The topological polar surface area (TPSA) is 38.3 Å². The molecule has 1 N–H and O–H groups in total. The number of hydrogen-bond acceptors (Lipinski definition) is 2. The molecular formula is C11H18ClNO2. The molecule has 3 nitrogen and oxygen atoms in total. The van der Waals surface area contributed by atoms with Crippen molar-refractivity contribution in [3.05, 3.63) is 0 Å². The second kappa shape index (κ2) is 4.71. The van der Waals surface area contributed by atoms with Gasteiger partial charge in [0, 0.05) is 6.54 Å². The van der Waals surface area contributed by atoms with Gasteiger partial charge in [-0.15, -0.1) is 11.6 Å². The molecule has 0 radical (unpaired) electrons. The van der Waals surface area contributed by atoms with E-state index in [1.54, 1.807) is 0 Å². The minimum atomic E-state index is -0.247. The highest BCUT2D eigenvalue weighted by Gasteiger charge is 2.32. The molecule has 86 valence electrons. The minimum Gasteiger partial charge on any atom is -0.365 e. The fraction of sp³-hybridized carbons (Fsp3) is 0.909. The van der Waals surface area contributed by atoms with Crippen molar-refractivity contribution in [3.63, 3.8) is 0 Å². The zero-order valence-electron chi connectivity index (χ0n) is 9.04. The van der Waals surface area contributed by atoms with Crippen LogP contribution in [0.4, 0.5) is 0 Å². The summed E-state index contributed by atoms with van der Waals surface area (Å²) in [5.74, 6) is 0.626. The summed E-state index contributed by atoms with van der Waals surface area (Å²) in [6.45, 7) is 2.58. The quantitative estimate of drug-likeness (QED) is 0.748. The monoisotopic (exact) mass is 231 g/mol. The van der Waals surface area contributed by atoms with Crippen LogP contribution in [0.5, 0.6) is 0 Å². The Morgan fingerprint density at radius 1 is 1.47 bits per heavy atom. The third-order valence-corrected chi connectivity index (χ3v) is 3.64. The van der Waals surface area contributed by atoms with Crippen LogP contribution in [0.3, 0.4) is 0 Å². The number of amides is 1. The van der Waals surface area contributed by atoms with E-state index in [0.29, 0.717) is 12.5 Å². The van der Waals surface area contributed by atoms with E-state index >= 15 is 0 Å². The molecule has 0 aromatic rings. The molecule has 2 rings (SSSR count). The van der Waals surface area contributed by atoms with Crippen molar-refractivity contribution in [1.29, 1.82) is 0 Å². The number of carbonyl (C=O) groups excluding carboxylic acids is 1. The molecule has 0 aromatic carbocycles. The number of halogens is 1. The molecule has 0 aromatic heterocycles. The van der Waals surface area contributed by atoms with Crippen LogP contribution in [0, 0.1) is 5.92 Å². The first-order chi connectivity index (χ1) is 7.16. The van der Waals surface area contributed by atoms with Crippen LogP contribution in [0.1, 0.15) is 32.6 Å². The summed E-state index contributed by atoms with van der Waals surface area (Å²) in [4.78, 5) is 11.6. The van der Waals surface area contributed by atoms with Gasteiger partial charge in [0.25, 0.3) is 0 Å². The zero-order chi connectivity index (χ0) is 10.8. The Balaban J connectivity index is 1.67. The lowest BCUT2D eigenvalue weighted by Crippen LogP contribution is -2.38. The first-order valence-corrected chi connectivity index (χ1v) is 6.17. The average Bonchev–Trinajstić information content (AvgIpc) is 2.97. The molecule has 0 spiro atoms. The van der Waals surface area contributed by atoms with Crippen LogP contribution < -0.4 is 5.32 Å². The fourth-order valence-corrected chi connectivity index (χ4v) is 2.26. The Labute approximate surface area is 95.5 Å². The zero-order valence-corrected chi connectivity index (χ0v) is 9.80. The predicted octanol–water partition coefficient (Wildman–Crippen LogP) is 1.69. The second-order valence-electron chi connectivity index (χ2n) is 4.61. The molecule has 2 fully saturated rings. The predicted molar refractivity (Wildman–Crippen MR) is 58.9 cm³/mol. The number of nitrogens with one attached hydrogen (secondary N) is 1. The first kappa shape index (κ1) is 11.2. The highest BCUT2D eigenvalue weighted by molar-refractivity contribution is 6.21. The third-order valence-electron chi connectivity index (χ3n) is 3.13. The lowest BCUT2D eigenvalue weighted by Gasteiger charge is -2.13. The molecule has 2 aliphatic rings. The lowest BCUT2D eigenvalue weighted by atomic mass is 10.2. The number of rotatable bonds is 4. The van der Waals surface area contributed by atoms with Crippen LogP contribution in [0.15, 0.2) is 0 Å². The minimum absolute atomic E-state index is 0.00523. The molecule has 0 bridgehead atoms. The lowest BCUT2D eigenvalue weighted by molar-refractivity contribution is -0.131. The van der Waals surface area contributed by atoms with Gasteiger partial charge in [-0.05, 0) is 38.5 Å². The Morgan fingerprint density at radius 3 is 2.73 bits per heavy atom. The number of carbonyl (C=O) groups is 1. The average molecular weight is 232 g/mol. The van der Waals surface area contributed by atoms with E-state index in [0.717, 1.165) is 12.8 Å². The molecule has 1 aliphatic carbocycles. The van der Waals surface area contributed by atoms with E-state index in [4.69, 9.17) is 16.3 Å². The highest BCUT2D eigenvalue weighted by Crippen LogP contribution is 2.35. The van der Waals surface area contributed by atoms with Crippen molar-refractivity contribution < 1.29 is 9.53 Å². The SMILES string of the molecule is CC1CCC(C(=O)NCC(Cl)C2CC2)O1. The van der Waals surface area contributed by atoms with E-state index < -0.39 is 0 Å². The van der Waals surface area contributed by atoms with Gasteiger partial charge in [0.05, 0.1) is 11.5 Å². The third kappa shape index (κ3) is 3.08. The fourth-order valence-electron chi connectivity index (χ4n) is 1.93. The van der Waals surface area contributed by atoms with Crippen LogP contribution in [-0.2, 0) is 9.53 Å². The van der Waals surface area contributed by atoms with Gasteiger partial charge in [0.1, 0.15) is 6.10 Å². The van der Waals surface area contributed by atoms with Crippen LogP contribution in [-0.4, -0.2) is 30.0 Å². The Morgan fingerprint density at radius 2 is 2.20 bits per heavy atom. The van der Waals surface area contributed by atoms with E-state index in [1.165, 1.54) is 12.8 Å². The van der Waals surface area contributed by atoms with Gasteiger partial charge >= 0.3 is 0 Å². The summed E-state index contributed by atoms with van der Waals surface area (Å²) in [7, 11) is 0. The van der Waals surface area contributed by atoms with Gasteiger partial charge < -0.3 is 10.1 Å². The van der Waals surface area contributed by atoms with Crippen LogP contribution >= 0.6 is 11.6 Å². The summed E-state index contributed by atoms with van der Waals surface area (Å²) in [6, 6.07) is 0. The normalized spacial score (nSPS) is 32.7. The van der Waals surface area contributed by atoms with Gasteiger partial charge in [0.15, 0.2) is 0 Å². The summed E-state index contributed by atoms with van der Waals surface area (Å²) < 4.78 is 5.48. The second-order valence-corrected chi connectivity index (χ2v) is 5.17. The molecular weight excluding hydrogens is 214 g/mol. The van der Waals surface area contributed by atoms with E-state index in [9.17, 15) is 4.79 Å². The van der Waals surface area contributed by atoms with Gasteiger partial charge in [0.2, 0.25) is 5.91 Å². The van der Waals surface area contributed by atoms with E-state index in [2.05, 4.69) is 5.32 Å². The van der Waals surface area contributed by atoms with E-state index in [-0.39, 0.29) is 23.5 Å². The van der Waals surface area contributed by atoms with Gasteiger partial charge in [-0.2, -0.15) is 0 Å². The van der Waals surface area contributed by atoms with Crippen molar-refractivity contribution >= 4 is 17.5 Å². The number of hydrogen-bond donors (Lipinski definition) is 1. The first-order valence-electron chi connectivity index (χ1n) is 5.74. The summed E-state index contributed by atoms with van der Waals surface area (Å²) in [6.07, 6.45) is 4.20.